The molecule has 1 fully saturated rings. The van der Waals surface area contributed by atoms with Gasteiger partial charge in [-0.25, -0.2) is 0 Å². The second kappa shape index (κ2) is 9.56. The zero-order valence-electron chi connectivity index (χ0n) is 17.4. The number of anilines is 2. The van der Waals surface area contributed by atoms with Crippen LogP contribution in [0.25, 0.3) is 0 Å². The van der Waals surface area contributed by atoms with Crippen LogP contribution < -0.4 is 10.2 Å². The van der Waals surface area contributed by atoms with E-state index < -0.39 is 6.10 Å². The molecule has 0 aromatic heterocycles. The summed E-state index contributed by atoms with van der Waals surface area (Å²) in [5.41, 5.74) is 3.37. The van der Waals surface area contributed by atoms with E-state index in [0.29, 0.717) is 30.9 Å². The van der Waals surface area contributed by atoms with E-state index in [0.717, 1.165) is 24.1 Å². The first-order valence-electron chi connectivity index (χ1n) is 10.1. The maximum absolute atomic E-state index is 13.0. The van der Waals surface area contributed by atoms with Gasteiger partial charge in [0, 0.05) is 50.7 Å². The maximum Gasteiger partial charge on any atom is 0.254 e. The third kappa shape index (κ3) is 5.35. The van der Waals surface area contributed by atoms with Gasteiger partial charge < -0.3 is 19.9 Å². The summed E-state index contributed by atoms with van der Waals surface area (Å²) in [6, 6.07) is 15.3. The van der Waals surface area contributed by atoms with Crippen LogP contribution in [0.5, 0.6) is 0 Å². The quantitative estimate of drug-likeness (QED) is 0.779. The molecule has 2 amide bonds. The minimum Gasteiger partial charge on any atom is -0.378 e. The van der Waals surface area contributed by atoms with Gasteiger partial charge in [-0.15, -0.1) is 0 Å². The number of ether oxygens (including phenoxy) is 1. The van der Waals surface area contributed by atoms with Crippen molar-refractivity contribution >= 4 is 23.2 Å². The summed E-state index contributed by atoms with van der Waals surface area (Å²) in [6.07, 6.45) is 1.24. The topological polar surface area (TPSA) is 61.9 Å². The molecule has 1 aliphatic heterocycles. The summed E-state index contributed by atoms with van der Waals surface area (Å²) in [5.74, 6) is -0.210. The van der Waals surface area contributed by atoms with E-state index in [1.54, 1.807) is 29.2 Å². The van der Waals surface area contributed by atoms with Crippen molar-refractivity contribution in [2.75, 3.05) is 37.5 Å². The molecular weight excluding hydrogens is 366 g/mol. The summed E-state index contributed by atoms with van der Waals surface area (Å²) in [6.45, 7) is 3.73. The first-order valence-corrected chi connectivity index (χ1v) is 10.1. The molecule has 1 unspecified atom stereocenters. The van der Waals surface area contributed by atoms with Crippen LogP contribution in [0.2, 0.25) is 0 Å². The zero-order chi connectivity index (χ0) is 20.8. The highest BCUT2D eigenvalue weighted by Crippen LogP contribution is 2.19. The van der Waals surface area contributed by atoms with Crippen LogP contribution in [-0.4, -0.2) is 50.1 Å². The average Bonchev–Trinajstić information content (AvgIpc) is 3.27. The Kier molecular flexibility index (Phi) is 6.88. The number of hydrogen-bond acceptors (Lipinski definition) is 4. The van der Waals surface area contributed by atoms with Crippen molar-refractivity contribution in [1.29, 1.82) is 0 Å². The summed E-state index contributed by atoms with van der Waals surface area (Å²) in [5, 5.41) is 2.86. The lowest BCUT2D eigenvalue weighted by Gasteiger charge is -2.22. The normalized spacial score (nSPS) is 15.8. The second-order valence-electron chi connectivity index (χ2n) is 7.45. The highest BCUT2D eigenvalue weighted by atomic mass is 16.5. The smallest absolute Gasteiger partial charge is 0.254 e. The molecule has 1 N–H and O–H groups in total. The number of carbonyl (C=O) groups excluding carboxylic acids is 2. The predicted octanol–water partition coefficient (Wildman–Crippen LogP) is 3.53. The third-order valence-electron chi connectivity index (χ3n) is 5.09. The van der Waals surface area contributed by atoms with Gasteiger partial charge in [0.2, 0.25) is 0 Å². The van der Waals surface area contributed by atoms with Crippen LogP contribution >= 0.6 is 0 Å². The van der Waals surface area contributed by atoms with E-state index in [9.17, 15) is 9.59 Å². The number of nitrogens with zero attached hydrogens (tertiary/aromatic N) is 2. The van der Waals surface area contributed by atoms with E-state index in [1.165, 1.54) is 0 Å². The van der Waals surface area contributed by atoms with Crippen molar-refractivity contribution in [2.24, 2.45) is 0 Å². The first-order chi connectivity index (χ1) is 14.0. The second-order valence-corrected chi connectivity index (χ2v) is 7.45. The molecule has 0 bridgehead atoms. The third-order valence-corrected chi connectivity index (χ3v) is 5.09. The summed E-state index contributed by atoms with van der Waals surface area (Å²) in [7, 11) is 4.00. The Morgan fingerprint density at radius 2 is 1.90 bits per heavy atom. The molecule has 2 aromatic rings. The fraction of sp³-hybridized carbons (Fsp3) is 0.391. The van der Waals surface area contributed by atoms with Crippen molar-refractivity contribution in [2.45, 2.75) is 32.4 Å². The minimum atomic E-state index is -0.397. The molecule has 6 heteroatoms. The van der Waals surface area contributed by atoms with Crippen LogP contribution in [0.4, 0.5) is 11.4 Å². The average molecular weight is 396 g/mol. The lowest BCUT2D eigenvalue weighted by molar-refractivity contribution is -0.124. The van der Waals surface area contributed by atoms with Crippen LogP contribution in [0.15, 0.2) is 48.5 Å². The Bertz CT molecular complexity index is 843. The van der Waals surface area contributed by atoms with Crippen molar-refractivity contribution in [3.05, 3.63) is 59.7 Å². The molecule has 29 heavy (non-hydrogen) atoms. The largest absolute Gasteiger partial charge is 0.378 e. The van der Waals surface area contributed by atoms with Gasteiger partial charge in [-0.05, 0) is 55.7 Å². The van der Waals surface area contributed by atoms with Gasteiger partial charge in [0.05, 0.1) is 0 Å². The molecule has 2 aromatic carbocycles. The SMILES string of the molecule is CCN(Cc1ccc(N(C)C)cc1)C(=O)c1cccc(NC(=O)C2CCCO2)c1. The zero-order valence-corrected chi connectivity index (χ0v) is 17.4. The van der Waals surface area contributed by atoms with Crippen LogP contribution in [0.1, 0.15) is 35.7 Å². The van der Waals surface area contributed by atoms with E-state index in [4.69, 9.17) is 4.74 Å². The minimum absolute atomic E-state index is 0.0580. The van der Waals surface area contributed by atoms with Gasteiger partial charge >= 0.3 is 0 Å². The van der Waals surface area contributed by atoms with Crippen molar-refractivity contribution < 1.29 is 14.3 Å². The van der Waals surface area contributed by atoms with Crippen LogP contribution in [-0.2, 0) is 16.1 Å². The highest BCUT2D eigenvalue weighted by Gasteiger charge is 2.24. The molecule has 1 heterocycles. The molecule has 1 atom stereocenters. The molecule has 154 valence electrons. The van der Waals surface area contributed by atoms with Gasteiger partial charge in [-0.1, -0.05) is 18.2 Å². The van der Waals surface area contributed by atoms with E-state index in [-0.39, 0.29) is 11.8 Å². The van der Waals surface area contributed by atoms with E-state index >= 15 is 0 Å². The summed E-state index contributed by atoms with van der Waals surface area (Å²) >= 11 is 0. The van der Waals surface area contributed by atoms with Gasteiger partial charge in [0.15, 0.2) is 0 Å². The van der Waals surface area contributed by atoms with E-state index in [1.807, 2.05) is 38.1 Å². The molecule has 0 aliphatic carbocycles. The summed E-state index contributed by atoms with van der Waals surface area (Å²) < 4.78 is 5.42. The molecule has 0 spiro atoms. The van der Waals surface area contributed by atoms with Crippen LogP contribution in [0.3, 0.4) is 0 Å². The molecule has 0 saturated carbocycles. The number of carbonyl (C=O) groups is 2. The van der Waals surface area contributed by atoms with Crippen LogP contribution in [0, 0.1) is 0 Å². The van der Waals surface area contributed by atoms with Gasteiger partial charge in [-0.3, -0.25) is 9.59 Å². The van der Waals surface area contributed by atoms with Crippen molar-refractivity contribution in [3.63, 3.8) is 0 Å². The molecular formula is C23H29N3O3. The lowest BCUT2D eigenvalue weighted by atomic mass is 10.1. The monoisotopic (exact) mass is 395 g/mol. The Balaban J connectivity index is 1.67. The highest BCUT2D eigenvalue weighted by molar-refractivity contribution is 5.98. The molecule has 3 rings (SSSR count). The number of hydrogen-bond donors (Lipinski definition) is 1. The lowest BCUT2D eigenvalue weighted by Crippen LogP contribution is -2.30. The number of amides is 2. The van der Waals surface area contributed by atoms with Gasteiger partial charge in [-0.2, -0.15) is 0 Å². The Morgan fingerprint density at radius 1 is 1.14 bits per heavy atom. The number of nitrogens with one attached hydrogen (secondary N) is 1. The van der Waals surface area contributed by atoms with Gasteiger partial charge in [0.25, 0.3) is 11.8 Å². The number of benzene rings is 2. The van der Waals surface area contributed by atoms with E-state index in [2.05, 4.69) is 17.4 Å². The Labute approximate surface area is 172 Å². The number of rotatable bonds is 7. The standard InChI is InChI=1S/C23H29N3O3/c1-4-26(16-17-10-12-20(13-11-17)25(2)3)23(28)18-7-5-8-19(15-18)24-22(27)21-9-6-14-29-21/h5,7-8,10-13,15,21H,4,6,9,14,16H2,1-3H3,(H,24,27). The molecule has 1 aliphatic rings. The Hall–Kier alpha value is -2.86. The first kappa shape index (κ1) is 20.9. The Morgan fingerprint density at radius 3 is 2.52 bits per heavy atom. The fourth-order valence-corrected chi connectivity index (χ4v) is 3.37. The fourth-order valence-electron chi connectivity index (χ4n) is 3.37. The van der Waals surface area contributed by atoms with Crippen molar-refractivity contribution in [3.8, 4) is 0 Å². The predicted molar refractivity (Wildman–Crippen MR) is 115 cm³/mol. The molecule has 0 radical (unpaired) electrons. The maximum atomic E-state index is 13.0. The molecule has 1 saturated heterocycles. The summed E-state index contributed by atoms with van der Waals surface area (Å²) in [4.78, 5) is 29.1. The van der Waals surface area contributed by atoms with Gasteiger partial charge in [0.1, 0.15) is 6.10 Å². The molecule has 6 nitrogen and oxygen atoms in total. The van der Waals surface area contributed by atoms with Crippen molar-refractivity contribution in [1.82, 2.24) is 4.90 Å².